The number of amides is 1. The van der Waals surface area contributed by atoms with Crippen molar-refractivity contribution in [2.75, 3.05) is 17.2 Å². The highest BCUT2D eigenvalue weighted by Gasteiger charge is 2.26. The number of aromatic amines is 1. The van der Waals surface area contributed by atoms with Crippen molar-refractivity contribution in [3.8, 4) is 0 Å². The zero-order chi connectivity index (χ0) is 12.4. The fraction of sp³-hybridized carbons (Fsp3) is 0.231. The van der Waals surface area contributed by atoms with E-state index in [1.54, 1.807) is 12.4 Å². The Labute approximate surface area is 105 Å². The summed E-state index contributed by atoms with van der Waals surface area (Å²) in [6.45, 7) is 0.813. The molecule has 1 unspecified atom stereocenters. The molecule has 18 heavy (non-hydrogen) atoms. The molecule has 1 aliphatic heterocycles. The highest BCUT2D eigenvalue weighted by Crippen LogP contribution is 2.31. The van der Waals surface area contributed by atoms with Gasteiger partial charge in [0, 0.05) is 24.6 Å². The van der Waals surface area contributed by atoms with E-state index in [9.17, 15) is 4.79 Å². The lowest BCUT2D eigenvalue weighted by atomic mass is 9.90. The number of para-hydroxylation sites is 1. The number of carbonyl (C=O) groups excluding carboxylic acids is 1. The molecular weight excluding hydrogens is 228 g/mol. The van der Waals surface area contributed by atoms with Gasteiger partial charge in [0.1, 0.15) is 0 Å². The molecule has 0 fully saturated rings. The summed E-state index contributed by atoms with van der Waals surface area (Å²) in [5, 5.41) is 6.10. The van der Waals surface area contributed by atoms with E-state index in [0.717, 1.165) is 24.2 Å². The lowest BCUT2D eigenvalue weighted by molar-refractivity contribution is -0.117. The largest absolute Gasteiger partial charge is 0.385 e. The van der Waals surface area contributed by atoms with Crippen LogP contribution in [0.2, 0.25) is 0 Å². The minimum Gasteiger partial charge on any atom is -0.385 e. The molecule has 2 heterocycles. The number of imidazole rings is 1. The first-order valence-electron chi connectivity index (χ1n) is 5.97. The van der Waals surface area contributed by atoms with E-state index < -0.39 is 0 Å². The van der Waals surface area contributed by atoms with E-state index >= 15 is 0 Å². The number of anilines is 2. The molecule has 0 saturated heterocycles. The molecule has 5 heteroatoms. The third-order valence-electron chi connectivity index (χ3n) is 3.14. The molecule has 0 radical (unpaired) electrons. The number of benzene rings is 1. The molecule has 2 aromatic rings. The number of carbonyl (C=O) groups is 1. The second-order valence-corrected chi connectivity index (χ2v) is 4.28. The smallest absolute Gasteiger partial charge is 0.234 e. The molecule has 92 valence electrons. The average Bonchev–Trinajstić information content (AvgIpc) is 2.91. The van der Waals surface area contributed by atoms with Crippen molar-refractivity contribution in [3.63, 3.8) is 0 Å². The average molecular weight is 242 g/mol. The normalized spacial score (nSPS) is 17.7. The molecule has 0 bridgehead atoms. The third kappa shape index (κ3) is 1.95. The summed E-state index contributed by atoms with van der Waals surface area (Å²) >= 11 is 0. The highest BCUT2D eigenvalue weighted by molar-refractivity contribution is 5.95. The van der Waals surface area contributed by atoms with Crippen molar-refractivity contribution in [1.82, 2.24) is 9.97 Å². The second-order valence-electron chi connectivity index (χ2n) is 4.28. The van der Waals surface area contributed by atoms with Crippen LogP contribution in [-0.2, 0) is 4.79 Å². The first kappa shape index (κ1) is 10.8. The molecule has 0 spiro atoms. The van der Waals surface area contributed by atoms with Crippen molar-refractivity contribution in [2.24, 2.45) is 0 Å². The Morgan fingerprint density at radius 1 is 1.39 bits per heavy atom. The fourth-order valence-corrected chi connectivity index (χ4v) is 2.28. The van der Waals surface area contributed by atoms with Crippen molar-refractivity contribution in [1.29, 1.82) is 0 Å². The van der Waals surface area contributed by atoms with Gasteiger partial charge < -0.3 is 10.3 Å². The van der Waals surface area contributed by atoms with Crippen LogP contribution >= 0.6 is 0 Å². The van der Waals surface area contributed by atoms with Crippen LogP contribution < -0.4 is 10.6 Å². The standard InChI is InChI=1S/C13H14N4O/c18-12(17-13-15-7-8-16-13)10-5-6-14-11-4-2-1-3-9(10)11/h1-4,7-8,10,14H,5-6H2,(H2,15,16,17,18). The maximum atomic E-state index is 12.2. The summed E-state index contributed by atoms with van der Waals surface area (Å²) in [5.74, 6) is 0.363. The van der Waals surface area contributed by atoms with Gasteiger partial charge in [-0.15, -0.1) is 0 Å². The van der Waals surface area contributed by atoms with E-state index in [0.29, 0.717) is 5.95 Å². The Bertz CT molecular complexity index is 550. The minimum absolute atomic E-state index is 0.0149. The van der Waals surface area contributed by atoms with Crippen LogP contribution in [0, 0.1) is 0 Å². The van der Waals surface area contributed by atoms with Crippen molar-refractivity contribution < 1.29 is 4.79 Å². The summed E-state index contributed by atoms with van der Waals surface area (Å²) in [6, 6.07) is 7.92. The predicted molar refractivity (Wildman–Crippen MR) is 69.5 cm³/mol. The van der Waals surface area contributed by atoms with Gasteiger partial charge in [-0.1, -0.05) is 18.2 Å². The van der Waals surface area contributed by atoms with Crippen molar-refractivity contribution >= 4 is 17.5 Å². The number of nitrogens with one attached hydrogen (secondary N) is 3. The van der Waals surface area contributed by atoms with Gasteiger partial charge in [-0.3, -0.25) is 10.1 Å². The van der Waals surface area contributed by atoms with E-state index in [4.69, 9.17) is 0 Å². The second kappa shape index (κ2) is 4.52. The summed E-state index contributed by atoms with van der Waals surface area (Å²) in [7, 11) is 0. The number of nitrogens with zero attached hydrogens (tertiary/aromatic N) is 1. The minimum atomic E-state index is -0.118. The van der Waals surface area contributed by atoms with Gasteiger partial charge in [0.15, 0.2) is 0 Å². The summed E-state index contributed by atoms with van der Waals surface area (Å²) in [5.41, 5.74) is 2.09. The summed E-state index contributed by atoms with van der Waals surface area (Å²) in [4.78, 5) is 19.1. The molecule has 1 aromatic carbocycles. The van der Waals surface area contributed by atoms with Gasteiger partial charge in [0.25, 0.3) is 0 Å². The lowest BCUT2D eigenvalue weighted by Crippen LogP contribution is -2.27. The highest BCUT2D eigenvalue weighted by atomic mass is 16.2. The number of H-pyrrole nitrogens is 1. The van der Waals surface area contributed by atoms with E-state index in [1.807, 2.05) is 24.3 Å². The van der Waals surface area contributed by atoms with Crippen molar-refractivity contribution in [3.05, 3.63) is 42.2 Å². The van der Waals surface area contributed by atoms with Gasteiger partial charge in [0.2, 0.25) is 11.9 Å². The molecule has 0 aliphatic carbocycles. The van der Waals surface area contributed by atoms with Crippen molar-refractivity contribution in [2.45, 2.75) is 12.3 Å². The fourth-order valence-electron chi connectivity index (χ4n) is 2.28. The van der Waals surface area contributed by atoms with Gasteiger partial charge in [-0.05, 0) is 18.1 Å². The third-order valence-corrected chi connectivity index (χ3v) is 3.14. The lowest BCUT2D eigenvalue weighted by Gasteiger charge is -2.25. The quantitative estimate of drug-likeness (QED) is 0.753. The van der Waals surface area contributed by atoms with Gasteiger partial charge in [0.05, 0.1) is 5.92 Å². The number of aromatic nitrogens is 2. The number of rotatable bonds is 2. The Morgan fingerprint density at radius 3 is 3.11 bits per heavy atom. The molecule has 3 N–H and O–H groups in total. The SMILES string of the molecule is O=C(Nc1ncc[nH]1)C1CCNc2ccccc21. The first-order chi connectivity index (χ1) is 8.84. The van der Waals surface area contributed by atoms with E-state index in [2.05, 4.69) is 20.6 Å². The summed E-state index contributed by atoms with van der Waals surface area (Å²) < 4.78 is 0. The zero-order valence-electron chi connectivity index (χ0n) is 9.81. The predicted octanol–water partition coefficient (Wildman–Crippen LogP) is 1.95. The van der Waals surface area contributed by atoms with Crippen LogP contribution in [-0.4, -0.2) is 22.4 Å². The van der Waals surface area contributed by atoms with E-state index in [-0.39, 0.29) is 11.8 Å². The number of fused-ring (bicyclic) bond motifs is 1. The maximum absolute atomic E-state index is 12.2. The van der Waals surface area contributed by atoms with Gasteiger partial charge in [-0.2, -0.15) is 0 Å². The number of hydrogen-bond donors (Lipinski definition) is 3. The van der Waals surface area contributed by atoms with Crippen LogP contribution in [0.25, 0.3) is 0 Å². The summed E-state index contributed by atoms with van der Waals surface area (Å²) in [6.07, 6.45) is 4.10. The Morgan fingerprint density at radius 2 is 2.28 bits per heavy atom. The van der Waals surface area contributed by atoms with Crippen LogP contribution in [0.3, 0.4) is 0 Å². The molecule has 5 nitrogen and oxygen atoms in total. The van der Waals surface area contributed by atoms with Gasteiger partial charge >= 0.3 is 0 Å². The first-order valence-corrected chi connectivity index (χ1v) is 5.97. The topological polar surface area (TPSA) is 69.8 Å². The molecule has 3 rings (SSSR count). The molecule has 1 amide bonds. The monoisotopic (exact) mass is 242 g/mol. The Kier molecular flexibility index (Phi) is 2.72. The Hall–Kier alpha value is -2.30. The van der Waals surface area contributed by atoms with Gasteiger partial charge in [-0.25, -0.2) is 4.98 Å². The molecular formula is C13H14N4O. The molecule has 0 saturated carbocycles. The maximum Gasteiger partial charge on any atom is 0.234 e. The molecule has 1 aliphatic rings. The van der Waals surface area contributed by atoms with Crippen LogP contribution in [0.4, 0.5) is 11.6 Å². The Balaban J connectivity index is 1.83. The number of hydrogen-bond acceptors (Lipinski definition) is 3. The molecule has 1 aromatic heterocycles. The van der Waals surface area contributed by atoms with E-state index in [1.165, 1.54) is 0 Å². The zero-order valence-corrected chi connectivity index (χ0v) is 9.81. The van der Waals surface area contributed by atoms with Crippen LogP contribution in [0.1, 0.15) is 17.9 Å². The molecule has 1 atom stereocenters. The van der Waals surface area contributed by atoms with Crippen LogP contribution in [0.15, 0.2) is 36.7 Å². The van der Waals surface area contributed by atoms with Crippen LogP contribution in [0.5, 0.6) is 0 Å².